The number of aromatic amines is 1. The van der Waals surface area contributed by atoms with E-state index in [2.05, 4.69) is 58.3 Å². The molecule has 1 aliphatic rings. The molecular weight excluding hydrogens is 288 g/mol. The van der Waals surface area contributed by atoms with Crippen molar-refractivity contribution in [3.8, 4) is 0 Å². The maximum absolute atomic E-state index is 3.67. The van der Waals surface area contributed by atoms with Gasteiger partial charge in [0, 0.05) is 33.2 Å². The van der Waals surface area contributed by atoms with Crippen LogP contribution in [-0.4, -0.2) is 17.1 Å². The summed E-state index contributed by atoms with van der Waals surface area (Å²) < 4.78 is 1.16. The molecule has 0 radical (unpaired) electrons. The van der Waals surface area contributed by atoms with Gasteiger partial charge in [-0.2, -0.15) is 0 Å². The molecule has 0 fully saturated rings. The van der Waals surface area contributed by atoms with E-state index in [9.17, 15) is 0 Å². The number of aryl methyl sites for hydroxylation is 1. The van der Waals surface area contributed by atoms with Crippen molar-refractivity contribution in [1.82, 2.24) is 10.3 Å². The quantitative estimate of drug-likeness (QED) is 0.868. The number of H-pyrrole nitrogens is 1. The molecule has 1 aromatic carbocycles. The van der Waals surface area contributed by atoms with Gasteiger partial charge in [-0.3, -0.25) is 0 Å². The molecule has 0 aliphatic heterocycles. The maximum Gasteiger partial charge on any atom is 0.0459 e. The third kappa shape index (κ3) is 2.21. The molecule has 0 bridgehead atoms. The fourth-order valence-electron chi connectivity index (χ4n) is 3.00. The van der Waals surface area contributed by atoms with Crippen molar-refractivity contribution in [2.45, 2.75) is 45.2 Å². The summed E-state index contributed by atoms with van der Waals surface area (Å²) in [5.41, 5.74) is 4.22. The first-order valence-corrected chi connectivity index (χ1v) is 7.48. The average molecular weight is 307 g/mol. The number of fused-ring (bicyclic) bond motifs is 3. The Kier molecular flexibility index (Phi) is 3.20. The van der Waals surface area contributed by atoms with Crippen molar-refractivity contribution in [3.05, 3.63) is 33.9 Å². The van der Waals surface area contributed by atoms with E-state index in [4.69, 9.17) is 0 Å². The van der Waals surface area contributed by atoms with Crippen LogP contribution in [0.25, 0.3) is 10.9 Å². The smallest absolute Gasteiger partial charge is 0.0459 e. The fourth-order valence-corrected chi connectivity index (χ4v) is 3.36. The van der Waals surface area contributed by atoms with Crippen LogP contribution in [0.1, 0.15) is 31.5 Å². The number of hydrogen-bond donors (Lipinski definition) is 2. The van der Waals surface area contributed by atoms with Gasteiger partial charge in [-0.05, 0) is 43.0 Å². The molecule has 1 unspecified atom stereocenters. The van der Waals surface area contributed by atoms with Crippen molar-refractivity contribution in [3.63, 3.8) is 0 Å². The van der Waals surface area contributed by atoms with Crippen LogP contribution in [0.3, 0.4) is 0 Å². The Hall–Kier alpha value is -0.800. The number of nitrogens with one attached hydrogen (secondary N) is 2. The summed E-state index contributed by atoms with van der Waals surface area (Å²) in [7, 11) is 0. The van der Waals surface area contributed by atoms with Crippen molar-refractivity contribution in [2.75, 3.05) is 0 Å². The molecule has 0 amide bonds. The highest BCUT2D eigenvalue weighted by Gasteiger charge is 2.22. The van der Waals surface area contributed by atoms with Gasteiger partial charge in [0.2, 0.25) is 0 Å². The Bertz CT molecular complexity index is 571. The van der Waals surface area contributed by atoms with Gasteiger partial charge in [0.1, 0.15) is 0 Å². The zero-order valence-corrected chi connectivity index (χ0v) is 12.5. The van der Waals surface area contributed by atoms with Gasteiger partial charge in [0.15, 0.2) is 0 Å². The first-order valence-electron chi connectivity index (χ1n) is 6.68. The standard InChI is InChI=1S/C15H19BrN2/c1-9(2)17-11-4-6-15-13(8-11)12-7-10(16)3-5-14(12)18-15/h3,5,7,9,11,17-18H,4,6,8H2,1-2H3. The summed E-state index contributed by atoms with van der Waals surface area (Å²) in [6.45, 7) is 4.45. The predicted molar refractivity (Wildman–Crippen MR) is 80.1 cm³/mol. The maximum atomic E-state index is 3.67. The molecule has 1 heterocycles. The molecule has 3 heteroatoms. The Labute approximate surface area is 116 Å². The van der Waals surface area contributed by atoms with E-state index >= 15 is 0 Å². The van der Waals surface area contributed by atoms with E-state index in [1.807, 2.05) is 0 Å². The molecule has 0 spiro atoms. The zero-order valence-electron chi connectivity index (χ0n) is 10.9. The SMILES string of the molecule is CC(C)NC1CCc2[nH]c3ccc(Br)cc3c2C1. The number of hydrogen-bond acceptors (Lipinski definition) is 1. The normalized spacial score (nSPS) is 19.4. The van der Waals surface area contributed by atoms with Crippen molar-refractivity contribution in [1.29, 1.82) is 0 Å². The minimum Gasteiger partial charge on any atom is -0.358 e. The Morgan fingerprint density at radius 1 is 1.39 bits per heavy atom. The van der Waals surface area contributed by atoms with Gasteiger partial charge < -0.3 is 10.3 Å². The largest absolute Gasteiger partial charge is 0.358 e. The Morgan fingerprint density at radius 3 is 3.00 bits per heavy atom. The highest BCUT2D eigenvalue weighted by molar-refractivity contribution is 9.10. The molecule has 2 nitrogen and oxygen atoms in total. The molecule has 2 N–H and O–H groups in total. The van der Waals surface area contributed by atoms with Gasteiger partial charge >= 0.3 is 0 Å². The van der Waals surface area contributed by atoms with Gasteiger partial charge in [-0.15, -0.1) is 0 Å². The van der Waals surface area contributed by atoms with Gasteiger partial charge in [0.05, 0.1) is 0 Å². The van der Waals surface area contributed by atoms with E-state index < -0.39 is 0 Å². The summed E-state index contributed by atoms with van der Waals surface area (Å²) in [4.78, 5) is 3.57. The second-order valence-corrected chi connectivity index (χ2v) is 6.45. The number of halogens is 1. The van der Waals surface area contributed by atoms with Crippen LogP contribution in [0, 0.1) is 0 Å². The first kappa shape index (κ1) is 12.2. The monoisotopic (exact) mass is 306 g/mol. The van der Waals surface area contributed by atoms with Crippen molar-refractivity contribution >= 4 is 26.8 Å². The van der Waals surface area contributed by atoms with Crippen molar-refractivity contribution in [2.24, 2.45) is 0 Å². The van der Waals surface area contributed by atoms with Crippen LogP contribution in [0.15, 0.2) is 22.7 Å². The second-order valence-electron chi connectivity index (χ2n) is 5.53. The number of aromatic nitrogens is 1. The van der Waals surface area contributed by atoms with E-state index in [-0.39, 0.29) is 0 Å². The van der Waals surface area contributed by atoms with Gasteiger partial charge in [0.25, 0.3) is 0 Å². The Morgan fingerprint density at radius 2 is 2.22 bits per heavy atom. The lowest BCUT2D eigenvalue weighted by Gasteiger charge is -2.25. The number of benzene rings is 1. The van der Waals surface area contributed by atoms with E-state index in [0.29, 0.717) is 12.1 Å². The molecule has 96 valence electrons. The third-order valence-corrected chi connectivity index (χ3v) is 4.21. The minimum absolute atomic E-state index is 0.563. The lowest BCUT2D eigenvalue weighted by atomic mass is 9.91. The average Bonchev–Trinajstić information content (AvgIpc) is 2.66. The highest BCUT2D eigenvalue weighted by Crippen LogP contribution is 2.31. The summed E-state index contributed by atoms with van der Waals surface area (Å²) in [5.74, 6) is 0. The summed E-state index contributed by atoms with van der Waals surface area (Å²) >= 11 is 3.57. The molecular formula is C15H19BrN2. The molecule has 0 saturated heterocycles. The second kappa shape index (κ2) is 4.71. The summed E-state index contributed by atoms with van der Waals surface area (Å²) in [6, 6.07) is 7.70. The van der Waals surface area contributed by atoms with E-state index in [1.54, 1.807) is 0 Å². The molecule has 1 aromatic heterocycles. The zero-order chi connectivity index (χ0) is 12.7. The number of rotatable bonds is 2. The minimum atomic E-state index is 0.563. The topological polar surface area (TPSA) is 27.8 Å². The van der Waals surface area contributed by atoms with E-state index in [0.717, 1.165) is 17.3 Å². The van der Waals surface area contributed by atoms with E-state index in [1.165, 1.54) is 28.6 Å². The van der Waals surface area contributed by atoms with Crippen molar-refractivity contribution < 1.29 is 0 Å². The fraction of sp³-hybridized carbons (Fsp3) is 0.467. The van der Waals surface area contributed by atoms with Gasteiger partial charge in [-0.25, -0.2) is 0 Å². The molecule has 18 heavy (non-hydrogen) atoms. The molecule has 1 aliphatic carbocycles. The molecule has 3 rings (SSSR count). The molecule has 1 atom stereocenters. The molecule has 0 saturated carbocycles. The van der Waals surface area contributed by atoms with Crippen LogP contribution < -0.4 is 5.32 Å². The van der Waals surface area contributed by atoms with Crippen LogP contribution >= 0.6 is 15.9 Å². The lowest BCUT2D eigenvalue weighted by Crippen LogP contribution is -2.38. The molecule has 2 aromatic rings. The Balaban J connectivity index is 1.98. The first-order chi connectivity index (χ1) is 8.63. The summed E-state index contributed by atoms with van der Waals surface area (Å²) in [5, 5.41) is 5.05. The van der Waals surface area contributed by atoms with Crippen LogP contribution in [0.5, 0.6) is 0 Å². The highest BCUT2D eigenvalue weighted by atomic mass is 79.9. The van der Waals surface area contributed by atoms with Crippen LogP contribution in [-0.2, 0) is 12.8 Å². The van der Waals surface area contributed by atoms with Gasteiger partial charge in [-0.1, -0.05) is 29.8 Å². The summed E-state index contributed by atoms with van der Waals surface area (Å²) in [6.07, 6.45) is 3.54. The van der Waals surface area contributed by atoms with Crippen LogP contribution in [0.2, 0.25) is 0 Å². The predicted octanol–water partition coefficient (Wildman–Crippen LogP) is 3.79. The van der Waals surface area contributed by atoms with Crippen LogP contribution in [0.4, 0.5) is 0 Å². The lowest BCUT2D eigenvalue weighted by molar-refractivity contribution is 0.421. The third-order valence-electron chi connectivity index (χ3n) is 3.72.